The van der Waals surface area contributed by atoms with Crippen LogP contribution in [0.15, 0.2) is 30.3 Å². The molecule has 1 aromatic heterocycles. The summed E-state index contributed by atoms with van der Waals surface area (Å²) in [4.78, 5) is 4.05. The molecule has 0 unspecified atom stereocenters. The maximum atomic E-state index is 9.09. The van der Waals surface area contributed by atoms with Crippen LogP contribution in [0, 0.1) is 0 Å². The van der Waals surface area contributed by atoms with Gasteiger partial charge in [-0.15, -0.1) is 0 Å². The summed E-state index contributed by atoms with van der Waals surface area (Å²) in [7, 11) is -1.52. The zero-order valence-corrected chi connectivity index (χ0v) is 7.38. The molecule has 0 fully saturated rings. The summed E-state index contributed by atoms with van der Waals surface area (Å²) in [6.07, 6.45) is 0. The van der Waals surface area contributed by atoms with Crippen LogP contribution in [-0.2, 0) is 0 Å². The van der Waals surface area contributed by atoms with Crippen LogP contribution in [0.3, 0.4) is 0 Å². The lowest BCUT2D eigenvalue weighted by Gasteiger charge is -2.04. The van der Waals surface area contributed by atoms with Crippen molar-refractivity contribution >= 4 is 29.3 Å². The fourth-order valence-electron chi connectivity index (χ4n) is 1.39. The van der Waals surface area contributed by atoms with Crippen LogP contribution in [0.2, 0.25) is 0 Å². The van der Waals surface area contributed by atoms with Crippen LogP contribution >= 0.6 is 0 Å². The van der Waals surface area contributed by atoms with Gasteiger partial charge in [0.05, 0.1) is 5.52 Å². The lowest BCUT2D eigenvalue weighted by Crippen LogP contribution is -2.30. The Kier molecular flexibility index (Phi) is 2.11. The molecule has 0 amide bonds. The van der Waals surface area contributed by atoms with Gasteiger partial charge in [-0.1, -0.05) is 18.2 Å². The van der Waals surface area contributed by atoms with Crippen molar-refractivity contribution in [2.75, 3.05) is 5.73 Å². The maximum absolute atomic E-state index is 9.09. The molecule has 5 heteroatoms. The van der Waals surface area contributed by atoms with E-state index in [-0.39, 0.29) is 0 Å². The van der Waals surface area contributed by atoms with E-state index in [9.17, 15) is 0 Å². The average molecular weight is 188 g/mol. The van der Waals surface area contributed by atoms with E-state index in [1.165, 1.54) is 0 Å². The Morgan fingerprint density at radius 3 is 2.64 bits per heavy atom. The summed E-state index contributed by atoms with van der Waals surface area (Å²) in [6.45, 7) is 0. The summed E-state index contributed by atoms with van der Waals surface area (Å²) >= 11 is 0. The van der Waals surface area contributed by atoms with Crippen molar-refractivity contribution in [3.05, 3.63) is 30.3 Å². The number of fused-ring (bicyclic) bond motifs is 1. The van der Waals surface area contributed by atoms with Gasteiger partial charge in [-0.3, -0.25) is 0 Å². The van der Waals surface area contributed by atoms with Gasteiger partial charge in [0.15, 0.2) is 0 Å². The zero-order chi connectivity index (χ0) is 10.1. The van der Waals surface area contributed by atoms with Gasteiger partial charge in [0, 0.05) is 5.46 Å². The standard InChI is InChI=1S/C9H9BN2O2/c11-8-5-4-6-2-1-3-7(10(13)14)9(6)12-8/h1-5,13-14H,(H2,11,12). The number of aromatic nitrogens is 1. The summed E-state index contributed by atoms with van der Waals surface area (Å²) in [5.74, 6) is 0.366. The van der Waals surface area contributed by atoms with Crippen LogP contribution in [0.1, 0.15) is 0 Å². The summed E-state index contributed by atoms with van der Waals surface area (Å²) < 4.78 is 0. The molecule has 2 aromatic rings. The first-order valence-corrected chi connectivity index (χ1v) is 4.20. The highest BCUT2D eigenvalue weighted by molar-refractivity contribution is 6.61. The minimum absolute atomic E-state index is 0.366. The molecule has 1 heterocycles. The lowest BCUT2D eigenvalue weighted by molar-refractivity contribution is 0.426. The number of nitrogens with zero attached hydrogens (tertiary/aromatic N) is 1. The predicted octanol–water partition coefficient (Wildman–Crippen LogP) is -0.503. The number of anilines is 1. The fourth-order valence-corrected chi connectivity index (χ4v) is 1.39. The van der Waals surface area contributed by atoms with Crippen LogP contribution < -0.4 is 11.2 Å². The molecular weight excluding hydrogens is 179 g/mol. The molecule has 0 atom stereocenters. The van der Waals surface area contributed by atoms with Crippen molar-refractivity contribution < 1.29 is 10.0 Å². The van der Waals surface area contributed by atoms with Gasteiger partial charge >= 0.3 is 7.12 Å². The lowest BCUT2D eigenvalue weighted by atomic mass is 9.79. The van der Waals surface area contributed by atoms with Gasteiger partial charge in [0.1, 0.15) is 5.82 Å². The van der Waals surface area contributed by atoms with Crippen LogP contribution in [-0.4, -0.2) is 22.2 Å². The molecule has 0 saturated heterocycles. The number of para-hydroxylation sites is 1. The monoisotopic (exact) mass is 188 g/mol. The van der Waals surface area contributed by atoms with Crippen molar-refractivity contribution in [1.29, 1.82) is 0 Å². The van der Waals surface area contributed by atoms with Crippen molar-refractivity contribution in [2.45, 2.75) is 0 Å². The number of hydrogen-bond acceptors (Lipinski definition) is 4. The first-order chi connectivity index (χ1) is 6.68. The van der Waals surface area contributed by atoms with Gasteiger partial charge < -0.3 is 15.8 Å². The smallest absolute Gasteiger partial charge is 0.423 e. The Balaban J connectivity index is 2.77. The highest BCUT2D eigenvalue weighted by Gasteiger charge is 2.15. The molecule has 70 valence electrons. The first-order valence-electron chi connectivity index (χ1n) is 4.20. The van der Waals surface area contributed by atoms with E-state index in [1.807, 2.05) is 6.07 Å². The van der Waals surface area contributed by atoms with Crippen molar-refractivity contribution in [3.8, 4) is 0 Å². The van der Waals surface area contributed by atoms with E-state index >= 15 is 0 Å². The number of hydrogen-bond donors (Lipinski definition) is 3. The molecular formula is C9H9BN2O2. The Morgan fingerprint density at radius 1 is 1.14 bits per heavy atom. The average Bonchev–Trinajstić information content (AvgIpc) is 2.16. The van der Waals surface area contributed by atoms with E-state index in [0.29, 0.717) is 16.8 Å². The second-order valence-electron chi connectivity index (χ2n) is 3.03. The van der Waals surface area contributed by atoms with Crippen molar-refractivity contribution in [1.82, 2.24) is 4.98 Å². The molecule has 0 spiro atoms. The summed E-state index contributed by atoms with van der Waals surface area (Å²) in [5, 5.41) is 19.0. The molecule has 2 rings (SSSR count). The third kappa shape index (κ3) is 1.43. The topological polar surface area (TPSA) is 79.4 Å². The highest BCUT2D eigenvalue weighted by Crippen LogP contribution is 2.11. The predicted molar refractivity (Wildman–Crippen MR) is 56.0 cm³/mol. The fraction of sp³-hybridized carbons (Fsp3) is 0. The zero-order valence-electron chi connectivity index (χ0n) is 7.38. The third-order valence-corrected chi connectivity index (χ3v) is 2.05. The molecule has 0 saturated carbocycles. The van der Waals surface area contributed by atoms with E-state index < -0.39 is 7.12 Å². The first kappa shape index (κ1) is 8.99. The van der Waals surface area contributed by atoms with Crippen molar-refractivity contribution in [2.24, 2.45) is 0 Å². The SMILES string of the molecule is Nc1ccc2cccc(B(O)O)c2n1. The Bertz CT molecular complexity index is 473. The second-order valence-corrected chi connectivity index (χ2v) is 3.03. The minimum atomic E-state index is -1.52. The van der Waals surface area contributed by atoms with Gasteiger partial charge in [-0.25, -0.2) is 4.98 Å². The molecule has 0 bridgehead atoms. The molecule has 0 aliphatic heterocycles. The van der Waals surface area contributed by atoms with Crippen molar-refractivity contribution in [3.63, 3.8) is 0 Å². The minimum Gasteiger partial charge on any atom is -0.423 e. The molecule has 0 aliphatic carbocycles. The molecule has 1 aromatic carbocycles. The van der Waals surface area contributed by atoms with Gasteiger partial charge in [-0.2, -0.15) is 0 Å². The largest absolute Gasteiger partial charge is 0.490 e. The van der Waals surface area contributed by atoms with Crippen LogP contribution in [0.25, 0.3) is 10.9 Å². The van der Waals surface area contributed by atoms with E-state index in [4.69, 9.17) is 15.8 Å². The number of nitrogen functional groups attached to an aromatic ring is 1. The number of pyridine rings is 1. The molecule has 0 aliphatic rings. The summed E-state index contributed by atoms with van der Waals surface area (Å²) in [6, 6.07) is 8.67. The van der Waals surface area contributed by atoms with E-state index in [1.54, 1.807) is 24.3 Å². The number of nitrogens with two attached hydrogens (primary N) is 1. The highest BCUT2D eigenvalue weighted by atomic mass is 16.4. The Labute approximate surface area is 81.2 Å². The number of rotatable bonds is 1. The molecule has 4 N–H and O–H groups in total. The summed E-state index contributed by atoms with van der Waals surface area (Å²) in [5.41, 5.74) is 6.42. The second kappa shape index (κ2) is 3.28. The normalized spacial score (nSPS) is 10.4. The molecule has 14 heavy (non-hydrogen) atoms. The molecule has 4 nitrogen and oxygen atoms in total. The Morgan fingerprint density at radius 2 is 1.93 bits per heavy atom. The van der Waals surface area contributed by atoms with E-state index in [2.05, 4.69) is 4.98 Å². The third-order valence-electron chi connectivity index (χ3n) is 2.05. The Hall–Kier alpha value is -1.59. The molecule has 0 radical (unpaired) electrons. The van der Waals surface area contributed by atoms with Gasteiger partial charge in [-0.05, 0) is 17.5 Å². The van der Waals surface area contributed by atoms with Crippen LogP contribution in [0.4, 0.5) is 5.82 Å². The maximum Gasteiger partial charge on any atom is 0.490 e. The number of benzene rings is 1. The van der Waals surface area contributed by atoms with Gasteiger partial charge in [0.25, 0.3) is 0 Å². The van der Waals surface area contributed by atoms with E-state index in [0.717, 1.165) is 5.39 Å². The quantitative estimate of drug-likeness (QED) is 0.527. The van der Waals surface area contributed by atoms with Crippen LogP contribution in [0.5, 0.6) is 0 Å². The van der Waals surface area contributed by atoms with Gasteiger partial charge in [0.2, 0.25) is 0 Å².